The predicted octanol–water partition coefficient (Wildman–Crippen LogP) is 0.269. The first-order chi connectivity index (χ1) is 9.15. The average molecular weight is 373 g/mol. The number of imidazole rings is 1. The van der Waals surface area contributed by atoms with E-state index in [9.17, 15) is 4.79 Å². The second-order valence-corrected chi connectivity index (χ2v) is 5.31. The number of nitrogens with zero attached hydrogens (tertiary/aromatic N) is 4. The number of halogens is 1. The van der Waals surface area contributed by atoms with Crippen molar-refractivity contribution in [1.29, 1.82) is 0 Å². The molecule has 1 aliphatic heterocycles. The summed E-state index contributed by atoms with van der Waals surface area (Å²) in [7, 11) is 0. The highest BCUT2D eigenvalue weighted by molar-refractivity contribution is 14.1. The fourth-order valence-corrected chi connectivity index (χ4v) is 2.59. The Morgan fingerprint density at radius 1 is 1.32 bits per heavy atom. The van der Waals surface area contributed by atoms with Gasteiger partial charge in [-0.05, 0) is 22.6 Å². The molecule has 0 atom stereocenters. The summed E-state index contributed by atoms with van der Waals surface area (Å²) in [6, 6.07) is 0. The number of ether oxygens (including phenoxy) is 1. The molecule has 100 valence electrons. The monoisotopic (exact) mass is 373 g/mol. The van der Waals surface area contributed by atoms with Crippen LogP contribution in [0.15, 0.2) is 12.4 Å². The largest absolute Gasteiger partial charge is 0.378 e. The van der Waals surface area contributed by atoms with Gasteiger partial charge >= 0.3 is 0 Å². The summed E-state index contributed by atoms with van der Waals surface area (Å²) in [5.74, 6) is 0.231. The highest BCUT2D eigenvalue weighted by atomic mass is 127. The molecule has 2 aromatic rings. The van der Waals surface area contributed by atoms with Crippen molar-refractivity contribution < 1.29 is 9.53 Å². The molecule has 1 saturated heterocycles. The molecule has 2 aromatic heterocycles. The number of anilines is 1. The zero-order valence-electron chi connectivity index (χ0n) is 10.0. The van der Waals surface area contributed by atoms with Crippen molar-refractivity contribution in [2.24, 2.45) is 5.73 Å². The lowest BCUT2D eigenvalue weighted by molar-refractivity contribution is 0.0996. The number of fused-ring (bicyclic) bond motifs is 1. The lowest BCUT2D eigenvalue weighted by atomic mass is 10.4. The fourth-order valence-electron chi connectivity index (χ4n) is 2.06. The van der Waals surface area contributed by atoms with Crippen molar-refractivity contribution in [2.45, 2.75) is 0 Å². The number of carbonyl (C=O) groups excluding carboxylic acids is 1. The number of nitrogens with two attached hydrogens (primary N) is 1. The van der Waals surface area contributed by atoms with E-state index in [2.05, 4.69) is 37.5 Å². The number of carbonyl (C=O) groups is 1. The fraction of sp³-hybridized carbons (Fsp3) is 0.364. The lowest BCUT2D eigenvalue weighted by Crippen LogP contribution is -2.37. The van der Waals surface area contributed by atoms with E-state index in [1.54, 1.807) is 10.6 Å². The Kier molecular flexibility index (Phi) is 3.27. The van der Waals surface area contributed by atoms with Gasteiger partial charge in [0.05, 0.1) is 13.2 Å². The molecular weight excluding hydrogens is 361 g/mol. The van der Waals surface area contributed by atoms with Crippen LogP contribution in [0.4, 0.5) is 5.82 Å². The van der Waals surface area contributed by atoms with E-state index >= 15 is 0 Å². The van der Waals surface area contributed by atoms with Crippen LogP contribution in [-0.4, -0.2) is 46.6 Å². The van der Waals surface area contributed by atoms with E-state index in [-0.39, 0.29) is 5.69 Å². The van der Waals surface area contributed by atoms with E-state index < -0.39 is 5.91 Å². The molecule has 0 aliphatic carbocycles. The van der Waals surface area contributed by atoms with E-state index in [0.29, 0.717) is 18.9 Å². The van der Waals surface area contributed by atoms with Gasteiger partial charge in [0.2, 0.25) is 0 Å². The second-order valence-electron chi connectivity index (χ2n) is 4.21. The Labute approximate surface area is 122 Å². The van der Waals surface area contributed by atoms with E-state index in [1.807, 2.05) is 6.20 Å². The Balaban J connectivity index is 2.13. The summed E-state index contributed by atoms with van der Waals surface area (Å²) in [6.07, 6.45) is 3.45. The number of hydrogen-bond acceptors (Lipinski definition) is 5. The Morgan fingerprint density at radius 2 is 2.05 bits per heavy atom. The quantitative estimate of drug-likeness (QED) is 0.764. The number of aromatic nitrogens is 3. The van der Waals surface area contributed by atoms with Crippen LogP contribution in [0.2, 0.25) is 0 Å². The number of morpholine rings is 1. The van der Waals surface area contributed by atoms with Crippen molar-refractivity contribution in [3.05, 3.63) is 21.8 Å². The summed E-state index contributed by atoms with van der Waals surface area (Å²) >= 11 is 2.14. The SMILES string of the molecule is NC(=O)c1cn2cc(I)nc(N3CCOCC3)c2n1. The van der Waals surface area contributed by atoms with E-state index in [1.165, 1.54) is 0 Å². The molecule has 7 nitrogen and oxygen atoms in total. The summed E-state index contributed by atoms with van der Waals surface area (Å²) in [5.41, 5.74) is 6.17. The summed E-state index contributed by atoms with van der Waals surface area (Å²) in [4.78, 5) is 22.1. The zero-order valence-corrected chi connectivity index (χ0v) is 12.2. The number of amides is 1. The smallest absolute Gasteiger partial charge is 0.268 e. The molecule has 3 rings (SSSR count). The molecule has 19 heavy (non-hydrogen) atoms. The zero-order chi connectivity index (χ0) is 13.4. The maximum absolute atomic E-state index is 11.2. The maximum atomic E-state index is 11.2. The standard InChI is InChI=1S/C11H12IN5O2/c12-8-6-17-5-7(9(13)18)14-10(17)11(15-8)16-1-3-19-4-2-16/h5-6H,1-4H2,(H2,13,18). The van der Waals surface area contributed by atoms with Crippen LogP contribution in [0, 0.1) is 3.70 Å². The van der Waals surface area contributed by atoms with Crippen LogP contribution in [0.5, 0.6) is 0 Å². The third kappa shape index (κ3) is 2.37. The van der Waals surface area contributed by atoms with Crippen molar-refractivity contribution >= 4 is 40.0 Å². The van der Waals surface area contributed by atoms with Gasteiger partial charge in [0.25, 0.3) is 5.91 Å². The Morgan fingerprint density at radius 3 is 2.74 bits per heavy atom. The minimum Gasteiger partial charge on any atom is -0.378 e. The van der Waals surface area contributed by atoms with Crippen LogP contribution >= 0.6 is 22.6 Å². The van der Waals surface area contributed by atoms with Gasteiger partial charge in [-0.1, -0.05) is 0 Å². The van der Waals surface area contributed by atoms with Gasteiger partial charge in [-0.15, -0.1) is 0 Å². The predicted molar refractivity (Wildman–Crippen MR) is 77.3 cm³/mol. The minimum atomic E-state index is -0.536. The maximum Gasteiger partial charge on any atom is 0.268 e. The minimum absolute atomic E-state index is 0.248. The van der Waals surface area contributed by atoms with E-state index in [4.69, 9.17) is 10.5 Å². The van der Waals surface area contributed by atoms with Gasteiger partial charge in [-0.3, -0.25) is 4.79 Å². The third-order valence-corrected chi connectivity index (χ3v) is 3.47. The molecule has 0 saturated carbocycles. The summed E-state index contributed by atoms with van der Waals surface area (Å²) in [5, 5.41) is 0. The van der Waals surface area contributed by atoms with Crippen molar-refractivity contribution in [3.63, 3.8) is 0 Å². The van der Waals surface area contributed by atoms with Gasteiger partial charge < -0.3 is 19.8 Å². The molecule has 1 aliphatic rings. The second kappa shape index (κ2) is 4.93. The van der Waals surface area contributed by atoms with Crippen LogP contribution in [0.3, 0.4) is 0 Å². The molecule has 8 heteroatoms. The van der Waals surface area contributed by atoms with Gasteiger partial charge in [-0.25, -0.2) is 9.97 Å². The molecule has 0 unspecified atom stereocenters. The molecular formula is C11H12IN5O2. The van der Waals surface area contributed by atoms with Crippen molar-refractivity contribution in [3.8, 4) is 0 Å². The highest BCUT2D eigenvalue weighted by Gasteiger charge is 2.19. The van der Waals surface area contributed by atoms with E-state index in [0.717, 1.165) is 22.6 Å². The average Bonchev–Trinajstić information content (AvgIpc) is 2.82. The Hall–Kier alpha value is -1.42. The number of primary amides is 1. The molecule has 3 heterocycles. The van der Waals surface area contributed by atoms with Gasteiger partial charge in [0, 0.05) is 25.5 Å². The van der Waals surface area contributed by atoms with Crippen LogP contribution in [0.1, 0.15) is 10.5 Å². The van der Waals surface area contributed by atoms with Gasteiger partial charge in [0.15, 0.2) is 11.5 Å². The molecule has 0 aromatic carbocycles. The first-order valence-corrected chi connectivity index (χ1v) is 6.91. The Bertz CT molecular complexity index is 635. The van der Waals surface area contributed by atoms with Gasteiger partial charge in [0.1, 0.15) is 9.39 Å². The molecule has 0 spiro atoms. The van der Waals surface area contributed by atoms with Gasteiger partial charge in [-0.2, -0.15) is 0 Å². The molecule has 0 bridgehead atoms. The number of rotatable bonds is 2. The highest BCUT2D eigenvalue weighted by Crippen LogP contribution is 2.21. The molecule has 1 amide bonds. The topological polar surface area (TPSA) is 85.8 Å². The summed E-state index contributed by atoms with van der Waals surface area (Å²) in [6.45, 7) is 2.87. The summed E-state index contributed by atoms with van der Waals surface area (Å²) < 4.78 is 7.96. The normalized spacial score (nSPS) is 15.9. The van der Waals surface area contributed by atoms with Crippen molar-refractivity contribution in [2.75, 3.05) is 31.2 Å². The first-order valence-electron chi connectivity index (χ1n) is 5.83. The lowest BCUT2D eigenvalue weighted by Gasteiger charge is -2.27. The molecule has 1 fully saturated rings. The third-order valence-electron chi connectivity index (χ3n) is 2.95. The molecule has 0 radical (unpaired) electrons. The first kappa shape index (κ1) is 12.6. The molecule has 2 N–H and O–H groups in total. The van der Waals surface area contributed by atoms with Crippen molar-refractivity contribution in [1.82, 2.24) is 14.4 Å². The van der Waals surface area contributed by atoms with Crippen LogP contribution in [0.25, 0.3) is 5.65 Å². The van der Waals surface area contributed by atoms with Crippen LogP contribution < -0.4 is 10.6 Å². The number of hydrogen-bond donors (Lipinski definition) is 1. The van der Waals surface area contributed by atoms with Crippen LogP contribution in [-0.2, 0) is 4.74 Å².